The molecule has 4 aromatic rings. The van der Waals surface area contributed by atoms with Gasteiger partial charge in [-0.2, -0.15) is 0 Å². The van der Waals surface area contributed by atoms with Gasteiger partial charge in [-0.3, -0.25) is 9.36 Å². The van der Waals surface area contributed by atoms with Crippen LogP contribution in [0, 0.1) is 12.7 Å². The number of aliphatic hydroxyl groups is 1. The molecule has 0 fully saturated rings. The summed E-state index contributed by atoms with van der Waals surface area (Å²) >= 11 is 12.3. The quantitative estimate of drug-likeness (QED) is 0.378. The lowest BCUT2D eigenvalue weighted by Crippen LogP contribution is -2.29. The first-order chi connectivity index (χ1) is 16.4. The highest BCUT2D eigenvalue weighted by molar-refractivity contribution is 6.39. The van der Waals surface area contributed by atoms with Crippen LogP contribution >= 0.6 is 23.2 Å². The monoisotopic (exact) mass is 506 g/mol. The molecule has 34 heavy (non-hydrogen) atoms. The van der Waals surface area contributed by atoms with Crippen LogP contribution in [0.4, 0.5) is 4.39 Å². The van der Waals surface area contributed by atoms with Crippen LogP contribution in [0.25, 0.3) is 16.7 Å². The summed E-state index contributed by atoms with van der Waals surface area (Å²) in [6, 6.07) is 15.8. The summed E-state index contributed by atoms with van der Waals surface area (Å²) in [6.45, 7) is 7.90. The van der Waals surface area contributed by atoms with Crippen LogP contribution in [0.3, 0.4) is 0 Å². The summed E-state index contributed by atoms with van der Waals surface area (Å²) in [6.07, 6.45) is 0. The van der Waals surface area contributed by atoms with E-state index in [-0.39, 0.29) is 26.6 Å². The average molecular weight is 507 g/mol. The average Bonchev–Trinajstić information content (AvgIpc) is 3.16. The number of carbonyl (C=O) groups is 2. The van der Waals surface area contributed by atoms with Gasteiger partial charge in [-0.15, -0.1) is 0 Å². The molecule has 1 heterocycles. The van der Waals surface area contributed by atoms with Crippen molar-refractivity contribution in [3.05, 3.63) is 98.1 Å². The second-order valence-electron chi connectivity index (χ2n) is 6.30. The Bertz CT molecular complexity index is 1290. The van der Waals surface area contributed by atoms with Gasteiger partial charge >= 0.3 is 5.69 Å². The van der Waals surface area contributed by atoms with E-state index in [0.717, 1.165) is 17.2 Å². The van der Waals surface area contributed by atoms with E-state index in [1.54, 1.807) is 30.3 Å². The molecule has 0 saturated carbocycles. The molecule has 4 rings (SSSR count). The zero-order chi connectivity index (χ0) is 26.0. The largest absolute Gasteiger partial charge is 0.400 e. The van der Waals surface area contributed by atoms with Gasteiger partial charge in [-0.25, -0.2) is 13.8 Å². The number of aliphatic hydroxyl groups excluding tert-OH is 1. The van der Waals surface area contributed by atoms with Gasteiger partial charge in [-0.1, -0.05) is 66.9 Å². The molecule has 0 saturated heterocycles. The van der Waals surface area contributed by atoms with Crippen molar-refractivity contribution in [2.24, 2.45) is 0 Å². The molecule has 0 aliphatic rings. The molecular formula is C25H25Cl2FN2O4. The number of hydrogen-bond acceptors (Lipinski definition) is 4. The molecule has 0 spiro atoms. The zero-order valence-electron chi connectivity index (χ0n) is 19.2. The van der Waals surface area contributed by atoms with E-state index in [4.69, 9.17) is 33.1 Å². The van der Waals surface area contributed by atoms with Crippen LogP contribution < -0.4 is 5.69 Å². The number of benzene rings is 3. The number of aryl methyl sites for hydroxylation is 1. The summed E-state index contributed by atoms with van der Waals surface area (Å²) < 4.78 is 16.8. The Labute approximate surface area is 206 Å². The number of carbonyl (C=O) groups excluding carboxylic acids is 2. The number of hydrogen-bond donors (Lipinski definition) is 1. The molecule has 6 nitrogen and oxygen atoms in total. The molecule has 0 aliphatic carbocycles. The minimum absolute atomic E-state index is 0.00730. The van der Waals surface area contributed by atoms with Crippen LogP contribution in [0.5, 0.6) is 0 Å². The summed E-state index contributed by atoms with van der Waals surface area (Å²) in [4.78, 5) is 34.4. The number of rotatable bonds is 2. The van der Waals surface area contributed by atoms with Crippen LogP contribution in [-0.2, 0) is 4.79 Å². The first kappa shape index (κ1) is 28.8. The molecule has 0 bridgehead atoms. The van der Waals surface area contributed by atoms with Gasteiger partial charge in [0.2, 0.25) is 0 Å². The summed E-state index contributed by atoms with van der Waals surface area (Å²) in [5, 5.41) is 7.22. The number of halogens is 3. The molecule has 3 aromatic carbocycles. The van der Waals surface area contributed by atoms with Gasteiger partial charge in [0.1, 0.15) is 18.1 Å². The molecule has 1 N–H and O–H groups in total. The van der Waals surface area contributed by atoms with E-state index in [1.807, 2.05) is 27.6 Å². The second kappa shape index (κ2) is 13.4. The molecule has 0 unspecified atom stereocenters. The van der Waals surface area contributed by atoms with Crippen LogP contribution in [-0.4, -0.2) is 34.0 Å². The van der Waals surface area contributed by atoms with Crippen molar-refractivity contribution in [1.29, 1.82) is 0 Å². The molecular weight excluding hydrogens is 482 g/mol. The van der Waals surface area contributed by atoms with Crippen molar-refractivity contribution in [2.45, 2.75) is 20.8 Å². The molecule has 0 aliphatic heterocycles. The molecule has 180 valence electrons. The first-order valence-electron chi connectivity index (χ1n) is 10.1. The highest BCUT2D eigenvalue weighted by Gasteiger charge is 2.25. The van der Waals surface area contributed by atoms with Crippen molar-refractivity contribution < 1.29 is 19.1 Å². The summed E-state index contributed by atoms with van der Waals surface area (Å²) in [5.41, 5.74) is 0.854. The lowest BCUT2D eigenvalue weighted by molar-refractivity contribution is -0.0980. The predicted molar refractivity (Wildman–Crippen MR) is 135 cm³/mol. The van der Waals surface area contributed by atoms with E-state index < -0.39 is 17.4 Å². The van der Waals surface area contributed by atoms with E-state index in [2.05, 4.69) is 0 Å². The molecule has 0 amide bonds. The highest BCUT2D eigenvalue weighted by atomic mass is 35.5. The van der Waals surface area contributed by atoms with Crippen molar-refractivity contribution in [1.82, 2.24) is 9.13 Å². The normalized spacial score (nSPS) is 9.65. The fourth-order valence-electron chi connectivity index (χ4n) is 3.15. The van der Waals surface area contributed by atoms with E-state index >= 15 is 0 Å². The van der Waals surface area contributed by atoms with Crippen LogP contribution in [0.1, 0.15) is 29.8 Å². The molecule has 0 atom stereocenters. The third-order valence-corrected chi connectivity index (χ3v) is 5.11. The molecule has 1 aromatic heterocycles. The maximum absolute atomic E-state index is 14.7. The number of nitrogens with zero attached hydrogens (tertiary/aromatic N) is 2. The van der Waals surface area contributed by atoms with Gasteiger partial charge < -0.3 is 9.90 Å². The van der Waals surface area contributed by atoms with E-state index in [0.29, 0.717) is 5.69 Å². The fraction of sp³-hybridized carbons (Fsp3) is 0.160. The van der Waals surface area contributed by atoms with E-state index in [9.17, 15) is 14.0 Å². The van der Waals surface area contributed by atoms with Crippen molar-refractivity contribution in [2.75, 3.05) is 7.11 Å². The van der Waals surface area contributed by atoms with Gasteiger partial charge in [0.25, 0.3) is 5.91 Å². The van der Waals surface area contributed by atoms with Gasteiger partial charge in [0.15, 0.2) is 0 Å². The number of para-hydroxylation sites is 1. The maximum Gasteiger partial charge on any atom is 0.340 e. The van der Waals surface area contributed by atoms with E-state index in [1.165, 1.54) is 34.9 Å². The minimum atomic E-state index is -0.720. The molecule has 0 radical (unpaired) electrons. The lowest BCUT2D eigenvalue weighted by atomic mass is 10.2. The minimum Gasteiger partial charge on any atom is -0.400 e. The van der Waals surface area contributed by atoms with Crippen molar-refractivity contribution in [3.63, 3.8) is 0 Å². The summed E-state index contributed by atoms with van der Waals surface area (Å²) in [7, 11) is 1.00. The van der Waals surface area contributed by atoms with Crippen molar-refractivity contribution >= 4 is 46.9 Å². The highest BCUT2D eigenvalue weighted by Crippen LogP contribution is 2.27. The Hall–Kier alpha value is -3.26. The Morgan fingerprint density at radius 1 is 0.912 bits per heavy atom. The Kier molecular flexibility index (Phi) is 11.4. The third-order valence-electron chi connectivity index (χ3n) is 4.48. The number of imidazole rings is 1. The Morgan fingerprint density at radius 2 is 1.41 bits per heavy atom. The van der Waals surface area contributed by atoms with Gasteiger partial charge in [0.05, 0.1) is 26.8 Å². The lowest BCUT2D eigenvalue weighted by Gasteiger charge is -2.06. The van der Waals surface area contributed by atoms with Gasteiger partial charge in [0, 0.05) is 7.11 Å². The second-order valence-corrected chi connectivity index (χ2v) is 7.11. The Morgan fingerprint density at radius 3 is 1.94 bits per heavy atom. The topological polar surface area (TPSA) is 81.3 Å². The standard InChI is InChI=1S/C21H13Cl2FN2O2.C2H6.CH4O.CH2O/c1-12-8-10-13(11-9-12)25-19-16(24)6-3-7-17(19)26(21(25)28)20(27)18-14(22)4-2-5-15(18)23;3*1-2/h2-11H,1H3;1-2H3;2H,1H3;1H2. The fourth-order valence-corrected chi connectivity index (χ4v) is 3.71. The third kappa shape index (κ3) is 5.62. The smallest absolute Gasteiger partial charge is 0.340 e. The van der Waals surface area contributed by atoms with Gasteiger partial charge in [-0.05, 0) is 43.3 Å². The maximum atomic E-state index is 14.7. The summed E-state index contributed by atoms with van der Waals surface area (Å²) in [5.74, 6) is -1.34. The SMILES string of the molecule is C=O.CC.CO.Cc1ccc(-n2c(=O)n(C(=O)c3c(Cl)cccc3Cl)c3cccc(F)c32)cc1. The number of fused-ring (bicyclic) bond motifs is 1. The number of aromatic nitrogens is 2. The predicted octanol–water partition coefficient (Wildman–Crippen LogP) is 5.68. The molecule has 9 heteroatoms. The van der Waals surface area contributed by atoms with Crippen molar-refractivity contribution in [3.8, 4) is 5.69 Å². The zero-order valence-corrected chi connectivity index (χ0v) is 20.7. The Balaban J connectivity index is 0.000000894. The van der Waals surface area contributed by atoms with Crippen LogP contribution in [0.15, 0.2) is 65.5 Å². The van der Waals surface area contributed by atoms with Crippen LogP contribution in [0.2, 0.25) is 10.0 Å². The first-order valence-corrected chi connectivity index (χ1v) is 10.9.